The van der Waals surface area contributed by atoms with Gasteiger partial charge in [-0.1, -0.05) is 12.1 Å². The fourth-order valence-electron chi connectivity index (χ4n) is 2.95. The van der Waals surface area contributed by atoms with Crippen LogP contribution in [0.4, 0.5) is 13.2 Å². The number of hydrogen-bond donors (Lipinski definition) is 0. The maximum absolute atomic E-state index is 15.3. The fourth-order valence-corrected chi connectivity index (χ4v) is 2.95. The molecule has 1 aliphatic rings. The average Bonchev–Trinajstić information content (AvgIpc) is 2.57. The van der Waals surface area contributed by atoms with Crippen molar-refractivity contribution in [3.8, 4) is 0 Å². The summed E-state index contributed by atoms with van der Waals surface area (Å²) in [6, 6.07) is 5.91. The number of hydrogen-bond acceptors (Lipinski definition) is 3. The number of benzene rings is 1. The number of aryl methyl sites for hydroxylation is 1. The third-order valence-corrected chi connectivity index (χ3v) is 4.27. The van der Waals surface area contributed by atoms with Crippen molar-refractivity contribution < 1.29 is 22.8 Å². The van der Waals surface area contributed by atoms with E-state index in [-0.39, 0.29) is 48.3 Å². The summed E-state index contributed by atoms with van der Waals surface area (Å²) < 4.78 is 41.8. The molecule has 1 aliphatic carbocycles. The molecule has 0 N–H and O–H groups in total. The Morgan fingerprint density at radius 2 is 2.04 bits per heavy atom. The highest BCUT2D eigenvalue weighted by Gasteiger charge is 2.45. The van der Waals surface area contributed by atoms with Crippen LogP contribution in [0.3, 0.4) is 0 Å². The van der Waals surface area contributed by atoms with Gasteiger partial charge in [-0.15, -0.1) is 0 Å². The van der Waals surface area contributed by atoms with Crippen molar-refractivity contribution in [1.82, 2.24) is 4.98 Å². The van der Waals surface area contributed by atoms with E-state index in [9.17, 15) is 18.4 Å². The van der Waals surface area contributed by atoms with Crippen LogP contribution >= 0.6 is 0 Å². The molecule has 6 heteroatoms. The van der Waals surface area contributed by atoms with Crippen LogP contribution in [-0.2, 0) is 16.9 Å². The largest absolute Gasteiger partial charge is 0.296 e. The minimum atomic E-state index is -2.30. The molecule has 0 unspecified atom stereocenters. The van der Waals surface area contributed by atoms with Gasteiger partial charge in [-0.2, -0.15) is 0 Å². The average molecular weight is 333 g/mol. The lowest BCUT2D eigenvalue weighted by Crippen LogP contribution is -2.37. The minimum absolute atomic E-state index is 0.0208. The van der Waals surface area contributed by atoms with Crippen LogP contribution in [0.25, 0.3) is 0 Å². The van der Waals surface area contributed by atoms with Gasteiger partial charge in [-0.3, -0.25) is 14.6 Å². The molecule has 0 bridgehead atoms. The van der Waals surface area contributed by atoms with Crippen molar-refractivity contribution >= 4 is 11.6 Å². The molecular weight excluding hydrogens is 319 g/mol. The molecule has 1 heterocycles. The highest BCUT2D eigenvalue weighted by molar-refractivity contribution is 6.01. The first-order valence-electron chi connectivity index (χ1n) is 7.56. The normalized spacial score (nSPS) is 19.9. The van der Waals surface area contributed by atoms with E-state index in [2.05, 4.69) is 4.98 Å². The van der Waals surface area contributed by atoms with E-state index in [1.165, 1.54) is 24.4 Å². The molecule has 1 aromatic heterocycles. The third-order valence-electron chi connectivity index (χ3n) is 4.27. The molecular formula is C18H14F3NO2. The maximum atomic E-state index is 15.3. The van der Waals surface area contributed by atoms with Crippen molar-refractivity contribution in [1.29, 1.82) is 0 Å². The maximum Gasteiger partial charge on any atom is 0.196 e. The quantitative estimate of drug-likeness (QED) is 0.857. The van der Waals surface area contributed by atoms with Gasteiger partial charge in [0.15, 0.2) is 17.2 Å². The molecule has 24 heavy (non-hydrogen) atoms. The topological polar surface area (TPSA) is 47.0 Å². The summed E-state index contributed by atoms with van der Waals surface area (Å²) in [6.07, 6.45) is 0.745. The zero-order chi connectivity index (χ0) is 17.3. The van der Waals surface area contributed by atoms with E-state index in [0.29, 0.717) is 0 Å². The van der Waals surface area contributed by atoms with Gasteiger partial charge in [0.2, 0.25) is 0 Å². The summed E-state index contributed by atoms with van der Waals surface area (Å²) in [4.78, 5) is 28.1. The Morgan fingerprint density at radius 3 is 2.79 bits per heavy atom. The van der Waals surface area contributed by atoms with Gasteiger partial charge in [-0.05, 0) is 24.1 Å². The van der Waals surface area contributed by atoms with E-state index < -0.39 is 23.1 Å². The van der Waals surface area contributed by atoms with Crippen molar-refractivity contribution in [3.05, 3.63) is 65.0 Å². The van der Waals surface area contributed by atoms with Crippen LogP contribution in [0, 0.1) is 11.6 Å². The number of ketones is 2. The van der Waals surface area contributed by atoms with Gasteiger partial charge in [0, 0.05) is 37.1 Å². The Kier molecular flexibility index (Phi) is 4.22. The molecule has 0 aliphatic heterocycles. The van der Waals surface area contributed by atoms with Crippen molar-refractivity contribution in [2.24, 2.45) is 0 Å². The first kappa shape index (κ1) is 16.4. The zero-order valence-electron chi connectivity index (χ0n) is 12.7. The monoisotopic (exact) mass is 333 g/mol. The highest BCUT2D eigenvalue weighted by atomic mass is 19.1. The number of pyridine rings is 1. The van der Waals surface area contributed by atoms with Crippen LogP contribution in [0.1, 0.15) is 40.9 Å². The molecule has 0 amide bonds. The molecule has 0 spiro atoms. The summed E-state index contributed by atoms with van der Waals surface area (Å²) >= 11 is 0. The van der Waals surface area contributed by atoms with Gasteiger partial charge in [0.05, 0.1) is 0 Å². The second-order valence-electron chi connectivity index (χ2n) is 5.78. The van der Waals surface area contributed by atoms with E-state index in [1.54, 1.807) is 0 Å². The van der Waals surface area contributed by atoms with E-state index in [0.717, 1.165) is 12.1 Å². The molecule has 0 fully saturated rings. The summed E-state index contributed by atoms with van der Waals surface area (Å²) in [5, 5.41) is 0. The highest BCUT2D eigenvalue weighted by Crippen LogP contribution is 2.39. The first-order valence-corrected chi connectivity index (χ1v) is 7.56. The summed E-state index contributed by atoms with van der Waals surface area (Å²) in [5.41, 5.74) is -2.20. The molecule has 2 aromatic rings. The number of Topliss-reactive ketones (excluding diaryl/α,β-unsaturated/α-hetero) is 2. The van der Waals surface area contributed by atoms with E-state index in [1.807, 2.05) is 0 Å². The SMILES string of the molecule is O=C1CC[C@@](F)(C(=O)CCc2ccc(F)cc2F)c2cccnc21. The molecule has 3 nitrogen and oxygen atoms in total. The summed E-state index contributed by atoms with van der Waals surface area (Å²) in [5.74, 6) is -2.50. The minimum Gasteiger partial charge on any atom is -0.296 e. The molecule has 0 saturated carbocycles. The second kappa shape index (κ2) is 6.19. The predicted molar refractivity (Wildman–Crippen MR) is 80.3 cm³/mol. The second-order valence-corrected chi connectivity index (χ2v) is 5.78. The molecule has 124 valence electrons. The smallest absolute Gasteiger partial charge is 0.196 e. The zero-order valence-corrected chi connectivity index (χ0v) is 12.7. The van der Waals surface area contributed by atoms with E-state index in [4.69, 9.17) is 0 Å². The lowest BCUT2D eigenvalue weighted by Gasteiger charge is -2.29. The number of halogens is 3. The lowest BCUT2D eigenvalue weighted by molar-refractivity contribution is -0.131. The number of alkyl halides is 1. The Labute approximate surface area is 136 Å². The lowest BCUT2D eigenvalue weighted by atomic mass is 9.78. The van der Waals surface area contributed by atoms with E-state index >= 15 is 4.39 Å². The van der Waals surface area contributed by atoms with Crippen LogP contribution in [-0.4, -0.2) is 16.6 Å². The molecule has 0 saturated heterocycles. The number of carbonyl (C=O) groups is 2. The number of nitrogens with zero attached hydrogens (tertiary/aromatic N) is 1. The van der Waals surface area contributed by atoms with Gasteiger partial charge in [-0.25, -0.2) is 13.2 Å². The van der Waals surface area contributed by atoms with Gasteiger partial charge in [0.25, 0.3) is 0 Å². The number of aromatic nitrogens is 1. The van der Waals surface area contributed by atoms with Crippen LogP contribution in [0.15, 0.2) is 36.5 Å². The van der Waals surface area contributed by atoms with Crippen molar-refractivity contribution in [3.63, 3.8) is 0 Å². The molecule has 1 aromatic carbocycles. The van der Waals surface area contributed by atoms with Gasteiger partial charge in [0.1, 0.15) is 17.3 Å². The van der Waals surface area contributed by atoms with Crippen molar-refractivity contribution in [2.45, 2.75) is 31.4 Å². The van der Waals surface area contributed by atoms with Crippen LogP contribution < -0.4 is 0 Å². The van der Waals surface area contributed by atoms with Crippen molar-refractivity contribution in [2.75, 3.05) is 0 Å². The standard InChI is InChI=1S/C18H14F3NO2/c19-12-5-3-11(14(20)10-12)4-6-16(24)18(21)8-7-15(23)17-13(18)2-1-9-22-17/h1-3,5,9-10H,4,6-8H2/t18-/m0/s1. The van der Waals surface area contributed by atoms with Gasteiger partial charge >= 0.3 is 0 Å². The summed E-state index contributed by atoms with van der Waals surface area (Å²) in [7, 11) is 0. The van der Waals surface area contributed by atoms with Crippen LogP contribution in [0.5, 0.6) is 0 Å². The predicted octanol–water partition coefficient (Wildman–Crippen LogP) is 3.70. The fraction of sp³-hybridized carbons (Fsp3) is 0.278. The number of fused-ring (bicyclic) bond motifs is 1. The summed E-state index contributed by atoms with van der Waals surface area (Å²) in [6.45, 7) is 0. The Morgan fingerprint density at radius 1 is 1.25 bits per heavy atom. The number of carbonyl (C=O) groups excluding carboxylic acids is 2. The van der Waals surface area contributed by atoms with Crippen LogP contribution in [0.2, 0.25) is 0 Å². The Hall–Kier alpha value is -2.50. The third kappa shape index (κ3) is 2.84. The molecule has 3 rings (SSSR count). The first-order chi connectivity index (χ1) is 11.4. The molecule has 0 radical (unpaired) electrons. The number of rotatable bonds is 4. The van der Waals surface area contributed by atoms with Gasteiger partial charge < -0.3 is 0 Å². The molecule has 1 atom stereocenters. The Balaban J connectivity index is 1.82. The Bertz CT molecular complexity index is 822.